The fraction of sp³-hybridized carbons (Fsp3) is 0.143. The molecule has 0 radical (unpaired) electrons. The average molecular weight is 254 g/mol. The van der Waals surface area contributed by atoms with Crippen LogP contribution < -0.4 is 10.5 Å². The molecule has 0 spiro atoms. The number of hydrogen-bond donors (Lipinski definition) is 1. The minimum Gasteiger partial charge on any atom is -0.497 e. The first-order valence-corrected chi connectivity index (χ1v) is 5.92. The van der Waals surface area contributed by atoms with E-state index in [0.29, 0.717) is 5.69 Å². The number of hydrogen-bond acceptors (Lipinski definition) is 4. The number of aromatic nitrogens is 3. The molecule has 0 aliphatic rings. The Balaban J connectivity index is 2.21. The van der Waals surface area contributed by atoms with Gasteiger partial charge >= 0.3 is 0 Å². The summed E-state index contributed by atoms with van der Waals surface area (Å²) < 4.78 is 7.09. The van der Waals surface area contributed by atoms with Crippen molar-refractivity contribution in [3.63, 3.8) is 0 Å². The molecule has 2 heterocycles. The van der Waals surface area contributed by atoms with Crippen LogP contribution in [0.3, 0.4) is 0 Å². The normalized spacial score (nSPS) is 10.8. The van der Waals surface area contributed by atoms with Gasteiger partial charge < -0.3 is 15.0 Å². The first-order valence-electron chi connectivity index (χ1n) is 5.92. The zero-order valence-corrected chi connectivity index (χ0v) is 10.8. The van der Waals surface area contributed by atoms with Gasteiger partial charge in [0.2, 0.25) is 0 Å². The van der Waals surface area contributed by atoms with Gasteiger partial charge in [-0.2, -0.15) is 0 Å². The average Bonchev–Trinajstić information content (AvgIpc) is 2.76. The second-order valence-electron chi connectivity index (χ2n) is 4.29. The van der Waals surface area contributed by atoms with E-state index in [0.717, 1.165) is 28.3 Å². The van der Waals surface area contributed by atoms with Crippen molar-refractivity contribution in [3.8, 4) is 17.1 Å². The Hall–Kier alpha value is -2.56. The molecule has 0 bridgehead atoms. The number of benzene rings is 1. The first kappa shape index (κ1) is 11.5. The quantitative estimate of drug-likeness (QED) is 0.712. The van der Waals surface area contributed by atoms with E-state index in [-0.39, 0.29) is 0 Å². The highest BCUT2D eigenvalue weighted by Gasteiger charge is 2.13. The van der Waals surface area contributed by atoms with Crippen LogP contribution in [0.4, 0.5) is 5.69 Å². The highest BCUT2D eigenvalue weighted by molar-refractivity contribution is 5.81. The maximum Gasteiger partial charge on any atom is 0.159 e. The van der Waals surface area contributed by atoms with Gasteiger partial charge in [-0.15, -0.1) is 0 Å². The van der Waals surface area contributed by atoms with Gasteiger partial charge in [0.1, 0.15) is 17.1 Å². The molecule has 0 saturated carbocycles. The van der Waals surface area contributed by atoms with E-state index < -0.39 is 0 Å². The molecule has 3 aromatic rings. The lowest BCUT2D eigenvalue weighted by Gasteiger charge is -2.07. The topological polar surface area (TPSA) is 66.0 Å². The highest BCUT2D eigenvalue weighted by atomic mass is 16.5. The lowest BCUT2D eigenvalue weighted by Crippen LogP contribution is -1.98. The Morgan fingerprint density at radius 2 is 2.11 bits per heavy atom. The standard InChI is InChI=1S/C14H14N4O/c1-18-13(17-12-4-3-7-16-14(12)18)10-6-5-9(19-2)8-11(10)15/h3-8H,15H2,1-2H3. The molecule has 2 N–H and O–H groups in total. The van der Waals surface area contributed by atoms with Gasteiger partial charge in [0, 0.05) is 30.6 Å². The Morgan fingerprint density at radius 3 is 2.79 bits per heavy atom. The van der Waals surface area contributed by atoms with Crippen molar-refractivity contribution in [2.75, 3.05) is 12.8 Å². The van der Waals surface area contributed by atoms with Gasteiger partial charge in [-0.05, 0) is 24.3 Å². The number of nitrogens with zero attached hydrogens (tertiary/aromatic N) is 3. The van der Waals surface area contributed by atoms with E-state index >= 15 is 0 Å². The zero-order valence-electron chi connectivity index (χ0n) is 10.8. The molecule has 96 valence electrons. The van der Waals surface area contributed by atoms with Crippen molar-refractivity contribution in [1.82, 2.24) is 14.5 Å². The van der Waals surface area contributed by atoms with E-state index in [1.165, 1.54) is 0 Å². The van der Waals surface area contributed by atoms with Crippen molar-refractivity contribution in [2.24, 2.45) is 7.05 Å². The fourth-order valence-corrected chi connectivity index (χ4v) is 2.14. The number of nitrogen functional groups attached to an aromatic ring is 1. The third kappa shape index (κ3) is 1.79. The number of aryl methyl sites for hydroxylation is 1. The van der Waals surface area contributed by atoms with Crippen molar-refractivity contribution in [3.05, 3.63) is 36.5 Å². The summed E-state index contributed by atoms with van der Waals surface area (Å²) in [4.78, 5) is 8.90. The predicted molar refractivity (Wildman–Crippen MR) is 74.9 cm³/mol. The van der Waals surface area contributed by atoms with Crippen LogP contribution in [0.1, 0.15) is 0 Å². The van der Waals surface area contributed by atoms with Crippen LogP contribution in [0.2, 0.25) is 0 Å². The molecular weight excluding hydrogens is 240 g/mol. The molecule has 0 saturated heterocycles. The maximum absolute atomic E-state index is 6.07. The van der Waals surface area contributed by atoms with Gasteiger partial charge in [-0.1, -0.05) is 0 Å². The summed E-state index contributed by atoms with van der Waals surface area (Å²) in [5.74, 6) is 1.53. The van der Waals surface area contributed by atoms with E-state index in [4.69, 9.17) is 10.5 Å². The molecule has 5 heteroatoms. The van der Waals surface area contributed by atoms with E-state index in [2.05, 4.69) is 9.97 Å². The van der Waals surface area contributed by atoms with Gasteiger partial charge in [0.05, 0.1) is 7.11 Å². The van der Waals surface area contributed by atoms with Crippen molar-refractivity contribution in [1.29, 1.82) is 0 Å². The summed E-state index contributed by atoms with van der Waals surface area (Å²) in [5.41, 5.74) is 9.28. The van der Waals surface area contributed by atoms with Gasteiger partial charge in [-0.25, -0.2) is 9.97 Å². The maximum atomic E-state index is 6.07. The summed E-state index contributed by atoms with van der Waals surface area (Å²) in [6.07, 6.45) is 1.76. The molecule has 19 heavy (non-hydrogen) atoms. The Labute approximate surface area is 110 Å². The molecule has 1 aromatic carbocycles. The van der Waals surface area contributed by atoms with Crippen molar-refractivity contribution >= 4 is 16.9 Å². The number of pyridine rings is 1. The van der Waals surface area contributed by atoms with Gasteiger partial charge in [0.15, 0.2) is 5.65 Å². The van der Waals surface area contributed by atoms with E-state index in [1.807, 2.05) is 35.9 Å². The first-order chi connectivity index (χ1) is 9.20. The minimum absolute atomic E-state index is 0.637. The molecular formula is C14H14N4O. The third-order valence-electron chi connectivity index (χ3n) is 3.13. The molecule has 2 aromatic heterocycles. The van der Waals surface area contributed by atoms with Crippen LogP contribution in [0.15, 0.2) is 36.5 Å². The number of anilines is 1. The predicted octanol–water partition coefficient (Wildman–Crippen LogP) is 2.23. The smallest absolute Gasteiger partial charge is 0.159 e. The van der Waals surface area contributed by atoms with Crippen LogP contribution in [0, 0.1) is 0 Å². The molecule has 0 aliphatic heterocycles. The lowest BCUT2D eigenvalue weighted by molar-refractivity contribution is 0.415. The van der Waals surface area contributed by atoms with Gasteiger partial charge in [-0.3, -0.25) is 0 Å². The summed E-state index contributed by atoms with van der Waals surface area (Å²) in [6, 6.07) is 9.39. The van der Waals surface area contributed by atoms with Crippen LogP contribution in [0.5, 0.6) is 5.75 Å². The Morgan fingerprint density at radius 1 is 1.26 bits per heavy atom. The molecule has 5 nitrogen and oxygen atoms in total. The Bertz CT molecular complexity index is 748. The number of nitrogens with two attached hydrogens (primary N) is 1. The molecule has 0 amide bonds. The SMILES string of the molecule is COc1ccc(-c2nc3cccnc3n2C)c(N)c1. The molecule has 0 fully saturated rings. The molecule has 0 atom stereocenters. The summed E-state index contributed by atoms with van der Waals surface area (Å²) in [5, 5.41) is 0. The fourth-order valence-electron chi connectivity index (χ4n) is 2.14. The zero-order chi connectivity index (χ0) is 13.4. The number of imidazole rings is 1. The molecule has 0 unspecified atom stereocenters. The summed E-state index contributed by atoms with van der Waals surface area (Å²) >= 11 is 0. The summed E-state index contributed by atoms with van der Waals surface area (Å²) in [7, 11) is 3.55. The van der Waals surface area contributed by atoms with Gasteiger partial charge in [0.25, 0.3) is 0 Å². The van der Waals surface area contributed by atoms with Crippen molar-refractivity contribution in [2.45, 2.75) is 0 Å². The monoisotopic (exact) mass is 254 g/mol. The number of methoxy groups -OCH3 is 1. The number of rotatable bonds is 2. The Kier molecular flexibility index (Phi) is 2.59. The third-order valence-corrected chi connectivity index (χ3v) is 3.13. The lowest BCUT2D eigenvalue weighted by atomic mass is 10.1. The minimum atomic E-state index is 0.637. The van der Waals surface area contributed by atoms with Crippen LogP contribution >= 0.6 is 0 Å². The van der Waals surface area contributed by atoms with Crippen LogP contribution in [-0.4, -0.2) is 21.6 Å². The van der Waals surface area contributed by atoms with Crippen LogP contribution in [-0.2, 0) is 7.05 Å². The van der Waals surface area contributed by atoms with E-state index in [1.54, 1.807) is 19.4 Å². The highest BCUT2D eigenvalue weighted by Crippen LogP contribution is 2.30. The largest absolute Gasteiger partial charge is 0.497 e. The second-order valence-corrected chi connectivity index (χ2v) is 4.29. The van der Waals surface area contributed by atoms with Crippen LogP contribution in [0.25, 0.3) is 22.6 Å². The van der Waals surface area contributed by atoms with E-state index in [9.17, 15) is 0 Å². The summed E-state index contributed by atoms with van der Waals surface area (Å²) in [6.45, 7) is 0. The molecule has 0 aliphatic carbocycles. The second kappa shape index (κ2) is 4.28. The molecule has 3 rings (SSSR count). The number of fused-ring (bicyclic) bond motifs is 1. The number of ether oxygens (including phenoxy) is 1. The van der Waals surface area contributed by atoms with Crippen molar-refractivity contribution < 1.29 is 4.74 Å².